The van der Waals surface area contributed by atoms with Gasteiger partial charge < -0.3 is 15.5 Å². The zero-order valence-corrected chi connectivity index (χ0v) is 13.5. The van der Waals surface area contributed by atoms with Gasteiger partial charge in [-0.1, -0.05) is 18.6 Å². The predicted molar refractivity (Wildman–Crippen MR) is 86.1 cm³/mol. The summed E-state index contributed by atoms with van der Waals surface area (Å²) in [5.41, 5.74) is 0.822. The molecular weight excluding hydrogens is 297 g/mol. The molecule has 126 valence electrons. The summed E-state index contributed by atoms with van der Waals surface area (Å²) < 4.78 is 12.8. The summed E-state index contributed by atoms with van der Waals surface area (Å²) in [6, 6.07) is 5.80. The van der Waals surface area contributed by atoms with Crippen molar-refractivity contribution in [2.45, 2.75) is 38.8 Å². The molecule has 1 fully saturated rings. The van der Waals surface area contributed by atoms with Gasteiger partial charge in [0, 0.05) is 13.1 Å². The Balaban J connectivity index is 1.81. The van der Waals surface area contributed by atoms with Crippen molar-refractivity contribution in [3.63, 3.8) is 0 Å². The molecule has 0 saturated carbocycles. The fraction of sp³-hybridized carbons (Fsp3) is 0.529. The van der Waals surface area contributed by atoms with Crippen molar-refractivity contribution in [3.05, 3.63) is 35.6 Å². The summed E-state index contributed by atoms with van der Waals surface area (Å²) in [5.74, 6) is -0.521. The first kappa shape index (κ1) is 17.4. The number of hydrogen-bond acceptors (Lipinski definition) is 3. The van der Waals surface area contributed by atoms with E-state index in [1.165, 1.54) is 12.1 Å². The van der Waals surface area contributed by atoms with Gasteiger partial charge in [-0.2, -0.15) is 0 Å². The van der Waals surface area contributed by atoms with E-state index in [0.717, 1.165) is 31.4 Å². The van der Waals surface area contributed by atoms with E-state index in [1.807, 2.05) is 6.92 Å². The zero-order chi connectivity index (χ0) is 16.7. The Bertz CT molecular complexity index is 527. The highest BCUT2D eigenvalue weighted by molar-refractivity contribution is 5.87. The number of likely N-dealkylation sites (N-methyl/N-ethyl adjacent to an activating group) is 1. The van der Waals surface area contributed by atoms with Crippen molar-refractivity contribution in [2.75, 3.05) is 19.6 Å². The maximum absolute atomic E-state index is 12.8. The van der Waals surface area contributed by atoms with Crippen molar-refractivity contribution < 1.29 is 14.0 Å². The largest absolute Gasteiger partial charge is 0.350 e. The van der Waals surface area contributed by atoms with Crippen LogP contribution in [0.1, 0.15) is 31.7 Å². The van der Waals surface area contributed by atoms with Gasteiger partial charge in [0.15, 0.2) is 0 Å². The van der Waals surface area contributed by atoms with Crippen LogP contribution in [0.5, 0.6) is 0 Å². The highest BCUT2D eigenvalue weighted by Crippen LogP contribution is 2.10. The summed E-state index contributed by atoms with van der Waals surface area (Å²) in [6.45, 7) is 3.60. The number of nitrogens with one attached hydrogen (secondary N) is 2. The number of piperidine rings is 1. The lowest BCUT2D eigenvalue weighted by Gasteiger charge is -2.29. The predicted octanol–water partition coefficient (Wildman–Crippen LogP) is 1.43. The number of nitrogens with zero attached hydrogens (tertiary/aromatic N) is 1. The lowest BCUT2D eigenvalue weighted by atomic mass is 10.0. The van der Waals surface area contributed by atoms with Crippen LogP contribution in [-0.2, 0) is 16.1 Å². The second kappa shape index (κ2) is 8.62. The molecule has 1 aliphatic heterocycles. The molecule has 1 aromatic carbocycles. The normalized spacial score (nSPS) is 17.6. The monoisotopic (exact) mass is 321 g/mol. The number of rotatable bonds is 6. The van der Waals surface area contributed by atoms with Crippen molar-refractivity contribution in [1.82, 2.24) is 15.5 Å². The number of amides is 2. The highest BCUT2D eigenvalue weighted by Gasteiger charge is 2.25. The Morgan fingerprint density at radius 3 is 2.65 bits per heavy atom. The molecule has 0 radical (unpaired) electrons. The Kier molecular flexibility index (Phi) is 6.52. The quantitative estimate of drug-likeness (QED) is 0.833. The van der Waals surface area contributed by atoms with Gasteiger partial charge in [0.05, 0.1) is 12.6 Å². The maximum atomic E-state index is 12.8. The van der Waals surface area contributed by atoms with E-state index < -0.39 is 0 Å². The van der Waals surface area contributed by atoms with E-state index in [4.69, 9.17) is 0 Å². The van der Waals surface area contributed by atoms with E-state index in [1.54, 1.807) is 17.0 Å². The minimum atomic E-state index is -0.303. The van der Waals surface area contributed by atoms with Gasteiger partial charge in [-0.15, -0.1) is 0 Å². The molecule has 0 unspecified atom stereocenters. The molecule has 6 heteroatoms. The third-order valence-electron chi connectivity index (χ3n) is 4.04. The first-order valence-electron chi connectivity index (χ1n) is 8.13. The van der Waals surface area contributed by atoms with Gasteiger partial charge in [0.2, 0.25) is 11.8 Å². The average molecular weight is 321 g/mol. The van der Waals surface area contributed by atoms with Gasteiger partial charge in [-0.05, 0) is 44.0 Å². The molecule has 2 rings (SSSR count). The van der Waals surface area contributed by atoms with Crippen LogP contribution < -0.4 is 10.6 Å². The lowest BCUT2D eigenvalue weighted by molar-refractivity contribution is -0.138. The molecule has 23 heavy (non-hydrogen) atoms. The fourth-order valence-electron chi connectivity index (χ4n) is 2.66. The molecule has 1 atom stereocenters. The standard InChI is InChI=1S/C17H24FN3O2/c1-2-21(17(23)15-5-3-4-10-19-15)12-16(22)20-11-13-6-8-14(18)9-7-13/h6-9,15,19H,2-5,10-12H2,1H3,(H,20,22)/t15-/m1/s1. The van der Waals surface area contributed by atoms with E-state index in [-0.39, 0.29) is 30.2 Å². The fourth-order valence-corrected chi connectivity index (χ4v) is 2.66. The summed E-state index contributed by atoms with van der Waals surface area (Å²) in [6.07, 6.45) is 2.96. The summed E-state index contributed by atoms with van der Waals surface area (Å²) >= 11 is 0. The second-order valence-electron chi connectivity index (χ2n) is 5.76. The van der Waals surface area contributed by atoms with Crippen LogP contribution >= 0.6 is 0 Å². The third-order valence-corrected chi connectivity index (χ3v) is 4.04. The molecule has 0 aliphatic carbocycles. The zero-order valence-electron chi connectivity index (χ0n) is 13.5. The van der Waals surface area contributed by atoms with E-state index in [0.29, 0.717) is 13.1 Å². The molecule has 2 N–H and O–H groups in total. The van der Waals surface area contributed by atoms with Crippen LogP contribution in [0, 0.1) is 5.82 Å². The van der Waals surface area contributed by atoms with Crippen molar-refractivity contribution in [1.29, 1.82) is 0 Å². The molecule has 1 saturated heterocycles. The van der Waals surface area contributed by atoms with E-state index >= 15 is 0 Å². The van der Waals surface area contributed by atoms with E-state index in [9.17, 15) is 14.0 Å². The molecule has 0 spiro atoms. The SMILES string of the molecule is CCN(CC(=O)NCc1ccc(F)cc1)C(=O)[C@H]1CCCCN1. The van der Waals surface area contributed by atoms with Crippen molar-refractivity contribution in [2.24, 2.45) is 0 Å². The molecule has 0 aromatic heterocycles. The average Bonchev–Trinajstić information content (AvgIpc) is 2.59. The number of halogens is 1. The van der Waals surface area contributed by atoms with Crippen LogP contribution in [-0.4, -0.2) is 42.4 Å². The van der Waals surface area contributed by atoms with E-state index in [2.05, 4.69) is 10.6 Å². The van der Waals surface area contributed by atoms with Crippen LogP contribution in [0.3, 0.4) is 0 Å². The van der Waals surface area contributed by atoms with Gasteiger partial charge in [-0.3, -0.25) is 9.59 Å². The first-order chi connectivity index (χ1) is 11.1. The minimum absolute atomic E-state index is 0.0101. The van der Waals surface area contributed by atoms with Crippen LogP contribution in [0.25, 0.3) is 0 Å². The van der Waals surface area contributed by atoms with Gasteiger partial charge in [0.25, 0.3) is 0 Å². The van der Waals surface area contributed by atoms with Crippen LogP contribution in [0.4, 0.5) is 4.39 Å². The molecule has 5 nitrogen and oxygen atoms in total. The molecule has 0 bridgehead atoms. The van der Waals surface area contributed by atoms with Crippen molar-refractivity contribution in [3.8, 4) is 0 Å². The van der Waals surface area contributed by atoms with Crippen molar-refractivity contribution >= 4 is 11.8 Å². The number of benzene rings is 1. The summed E-state index contributed by atoms with van der Waals surface area (Å²) in [7, 11) is 0. The topological polar surface area (TPSA) is 61.4 Å². The molecule has 2 amide bonds. The Labute approximate surface area is 136 Å². The molecule has 1 heterocycles. The molecule has 1 aliphatic rings. The number of carbonyl (C=O) groups excluding carboxylic acids is 2. The molecule has 1 aromatic rings. The lowest BCUT2D eigenvalue weighted by Crippen LogP contribution is -2.51. The molecular formula is C17H24FN3O2. The first-order valence-corrected chi connectivity index (χ1v) is 8.13. The van der Waals surface area contributed by atoms with Crippen LogP contribution in [0.2, 0.25) is 0 Å². The summed E-state index contributed by atoms with van der Waals surface area (Å²) in [5, 5.41) is 5.98. The number of hydrogen-bond donors (Lipinski definition) is 2. The van der Waals surface area contributed by atoms with Crippen LogP contribution in [0.15, 0.2) is 24.3 Å². The number of carbonyl (C=O) groups is 2. The highest BCUT2D eigenvalue weighted by atomic mass is 19.1. The second-order valence-corrected chi connectivity index (χ2v) is 5.76. The Morgan fingerprint density at radius 1 is 1.30 bits per heavy atom. The maximum Gasteiger partial charge on any atom is 0.240 e. The van der Waals surface area contributed by atoms with Gasteiger partial charge >= 0.3 is 0 Å². The third kappa shape index (κ3) is 5.32. The Hall–Kier alpha value is -1.95. The van der Waals surface area contributed by atoms with Gasteiger partial charge in [-0.25, -0.2) is 4.39 Å². The minimum Gasteiger partial charge on any atom is -0.350 e. The summed E-state index contributed by atoms with van der Waals surface area (Å²) in [4.78, 5) is 26.0. The van der Waals surface area contributed by atoms with Gasteiger partial charge in [0.1, 0.15) is 5.82 Å². The smallest absolute Gasteiger partial charge is 0.240 e. The Morgan fingerprint density at radius 2 is 2.04 bits per heavy atom.